The van der Waals surface area contributed by atoms with Gasteiger partial charge < -0.3 is 14.4 Å². The first-order valence-electron chi connectivity index (χ1n) is 5.50. The number of ether oxygens (including phenoxy) is 1. The Morgan fingerprint density at radius 2 is 2.00 bits per heavy atom. The number of aryl methyl sites for hydroxylation is 1. The fourth-order valence-corrected chi connectivity index (χ4v) is 1.55. The van der Waals surface area contributed by atoms with Gasteiger partial charge in [0.25, 0.3) is 0 Å². The van der Waals surface area contributed by atoms with Gasteiger partial charge >= 0.3 is 11.9 Å². The van der Waals surface area contributed by atoms with Crippen molar-refractivity contribution in [3.63, 3.8) is 0 Å². The molecule has 0 saturated heterocycles. The lowest BCUT2D eigenvalue weighted by atomic mass is 10.2. The molecule has 0 unspecified atom stereocenters. The fraction of sp³-hybridized carbons (Fsp3) is 0.154. The van der Waals surface area contributed by atoms with Crippen LogP contribution in [0.5, 0.6) is 0 Å². The first kappa shape index (κ1) is 12.8. The highest BCUT2D eigenvalue weighted by atomic mass is 16.5. The number of aromatic carboxylic acids is 1. The van der Waals surface area contributed by atoms with Gasteiger partial charge in [-0.25, -0.2) is 9.59 Å². The predicted octanol–water partition coefficient (Wildman–Crippen LogP) is 2.04. The fourth-order valence-electron chi connectivity index (χ4n) is 1.55. The van der Waals surface area contributed by atoms with E-state index in [1.54, 1.807) is 12.1 Å². The molecular formula is C13H11NO5. The number of carbonyl (C=O) groups is 2. The van der Waals surface area contributed by atoms with Crippen LogP contribution in [0.3, 0.4) is 0 Å². The molecule has 0 amide bonds. The zero-order valence-electron chi connectivity index (χ0n) is 10.1. The van der Waals surface area contributed by atoms with Gasteiger partial charge in [-0.1, -0.05) is 35.5 Å². The van der Waals surface area contributed by atoms with Crippen LogP contribution >= 0.6 is 0 Å². The molecule has 0 aliphatic carbocycles. The van der Waals surface area contributed by atoms with E-state index >= 15 is 0 Å². The summed E-state index contributed by atoms with van der Waals surface area (Å²) >= 11 is 0. The molecule has 0 atom stereocenters. The van der Waals surface area contributed by atoms with Crippen LogP contribution in [0.1, 0.15) is 32.2 Å². The maximum atomic E-state index is 11.7. The summed E-state index contributed by atoms with van der Waals surface area (Å²) in [5, 5.41) is 12.4. The van der Waals surface area contributed by atoms with E-state index < -0.39 is 11.9 Å². The Morgan fingerprint density at radius 1 is 1.32 bits per heavy atom. The molecule has 98 valence electrons. The first-order valence-corrected chi connectivity index (χ1v) is 5.50. The lowest BCUT2D eigenvalue weighted by Gasteiger charge is -2.03. The Bertz CT molecular complexity index is 603. The second kappa shape index (κ2) is 5.34. The van der Waals surface area contributed by atoms with Crippen LogP contribution in [0.15, 0.2) is 34.9 Å². The van der Waals surface area contributed by atoms with Crippen LogP contribution < -0.4 is 0 Å². The lowest BCUT2D eigenvalue weighted by molar-refractivity contribution is 0.0453. The van der Waals surface area contributed by atoms with Gasteiger partial charge in [0.1, 0.15) is 17.9 Å². The minimum Gasteiger partial charge on any atom is -0.477 e. The molecule has 1 aromatic heterocycles. The molecule has 0 radical (unpaired) electrons. The SMILES string of the molecule is Cc1onc(C(=O)OCc2ccccc2)c1C(=O)O. The molecule has 1 heterocycles. The number of esters is 1. The van der Waals surface area contributed by atoms with Crippen molar-refractivity contribution >= 4 is 11.9 Å². The van der Waals surface area contributed by atoms with Gasteiger partial charge in [-0.3, -0.25) is 0 Å². The number of hydrogen-bond acceptors (Lipinski definition) is 5. The minimum atomic E-state index is -1.27. The number of rotatable bonds is 4. The van der Waals surface area contributed by atoms with E-state index in [9.17, 15) is 9.59 Å². The van der Waals surface area contributed by atoms with Crippen LogP contribution in [0.2, 0.25) is 0 Å². The first-order chi connectivity index (χ1) is 9.09. The number of hydrogen-bond donors (Lipinski definition) is 1. The third-order valence-electron chi connectivity index (χ3n) is 2.48. The van der Waals surface area contributed by atoms with Gasteiger partial charge in [-0.15, -0.1) is 0 Å². The third-order valence-corrected chi connectivity index (χ3v) is 2.48. The summed E-state index contributed by atoms with van der Waals surface area (Å²) in [5.74, 6) is -2.03. The van der Waals surface area contributed by atoms with Crippen LogP contribution in [0, 0.1) is 6.92 Å². The molecule has 1 N–H and O–H groups in total. The average Bonchev–Trinajstić information content (AvgIpc) is 2.79. The molecule has 0 bridgehead atoms. The number of benzene rings is 1. The highest BCUT2D eigenvalue weighted by molar-refractivity contribution is 6.01. The van der Waals surface area contributed by atoms with Gasteiger partial charge in [0.05, 0.1) is 0 Å². The predicted molar refractivity (Wildman–Crippen MR) is 63.8 cm³/mol. The molecule has 19 heavy (non-hydrogen) atoms. The highest BCUT2D eigenvalue weighted by Crippen LogP contribution is 2.15. The van der Waals surface area contributed by atoms with Crippen molar-refractivity contribution in [2.45, 2.75) is 13.5 Å². The molecule has 1 aromatic carbocycles. The molecule has 0 fully saturated rings. The summed E-state index contributed by atoms with van der Waals surface area (Å²) in [4.78, 5) is 22.7. The molecule has 6 heteroatoms. The zero-order chi connectivity index (χ0) is 13.8. The van der Waals surface area contributed by atoms with Gasteiger partial charge in [0.15, 0.2) is 0 Å². The van der Waals surface area contributed by atoms with E-state index in [1.165, 1.54) is 6.92 Å². The van der Waals surface area contributed by atoms with E-state index in [0.29, 0.717) is 0 Å². The second-order valence-corrected chi connectivity index (χ2v) is 3.83. The Hall–Kier alpha value is -2.63. The smallest absolute Gasteiger partial charge is 0.361 e. The number of carboxylic acid groups (broad SMARTS) is 1. The number of carbonyl (C=O) groups excluding carboxylic acids is 1. The topological polar surface area (TPSA) is 89.6 Å². The van der Waals surface area contributed by atoms with E-state index in [1.807, 2.05) is 18.2 Å². The summed E-state index contributed by atoms with van der Waals surface area (Å²) in [6, 6.07) is 9.05. The van der Waals surface area contributed by atoms with Crippen molar-refractivity contribution in [3.8, 4) is 0 Å². The Labute approximate surface area is 108 Å². The molecule has 0 aliphatic heterocycles. The molecule has 0 aliphatic rings. The zero-order valence-corrected chi connectivity index (χ0v) is 10.1. The van der Waals surface area contributed by atoms with Crippen molar-refractivity contribution in [3.05, 3.63) is 52.9 Å². The molecular weight excluding hydrogens is 250 g/mol. The van der Waals surface area contributed by atoms with Crippen LogP contribution in [0.4, 0.5) is 0 Å². The van der Waals surface area contributed by atoms with E-state index in [4.69, 9.17) is 14.4 Å². The van der Waals surface area contributed by atoms with Crippen molar-refractivity contribution in [1.82, 2.24) is 5.16 Å². The van der Waals surface area contributed by atoms with Crippen LogP contribution in [-0.4, -0.2) is 22.2 Å². The van der Waals surface area contributed by atoms with E-state index in [0.717, 1.165) is 5.56 Å². The summed E-state index contributed by atoms with van der Waals surface area (Å²) < 4.78 is 9.69. The van der Waals surface area contributed by atoms with Crippen LogP contribution in [-0.2, 0) is 11.3 Å². The molecule has 2 rings (SSSR count). The number of carboxylic acids is 1. The van der Waals surface area contributed by atoms with Crippen molar-refractivity contribution in [2.75, 3.05) is 0 Å². The Morgan fingerprint density at radius 3 is 2.63 bits per heavy atom. The number of nitrogens with zero attached hydrogens (tertiary/aromatic N) is 1. The van der Waals surface area contributed by atoms with Crippen molar-refractivity contribution in [1.29, 1.82) is 0 Å². The lowest BCUT2D eigenvalue weighted by Crippen LogP contribution is -2.11. The maximum absolute atomic E-state index is 11.7. The second-order valence-electron chi connectivity index (χ2n) is 3.83. The van der Waals surface area contributed by atoms with Gasteiger partial charge in [-0.2, -0.15) is 0 Å². The molecule has 2 aromatic rings. The van der Waals surface area contributed by atoms with Crippen molar-refractivity contribution in [2.24, 2.45) is 0 Å². The Balaban J connectivity index is 2.11. The summed E-state index contributed by atoms with van der Waals surface area (Å²) in [5.41, 5.74) is 0.215. The normalized spacial score (nSPS) is 10.2. The van der Waals surface area contributed by atoms with Gasteiger partial charge in [0.2, 0.25) is 5.69 Å². The monoisotopic (exact) mass is 261 g/mol. The largest absolute Gasteiger partial charge is 0.477 e. The number of aromatic nitrogens is 1. The van der Waals surface area contributed by atoms with Crippen molar-refractivity contribution < 1.29 is 24.0 Å². The molecule has 0 saturated carbocycles. The van der Waals surface area contributed by atoms with E-state index in [2.05, 4.69) is 5.16 Å². The average molecular weight is 261 g/mol. The van der Waals surface area contributed by atoms with Gasteiger partial charge in [0, 0.05) is 0 Å². The minimum absolute atomic E-state index is 0.0463. The van der Waals surface area contributed by atoms with Crippen LogP contribution in [0.25, 0.3) is 0 Å². The molecule has 6 nitrogen and oxygen atoms in total. The maximum Gasteiger partial charge on any atom is 0.361 e. The quantitative estimate of drug-likeness (QED) is 0.847. The standard InChI is InChI=1S/C13H11NO5/c1-8-10(12(15)16)11(14-19-8)13(17)18-7-9-5-3-2-4-6-9/h2-6H,7H2,1H3,(H,15,16). The third kappa shape index (κ3) is 2.79. The Kier molecular flexibility index (Phi) is 3.61. The summed E-state index contributed by atoms with van der Waals surface area (Å²) in [7, 11) is 0. The van der Waals surface area contributed by atoms with E-state index in [-0.39, 0.29) is 23.6 Å². The summed E-state index contributed by atoms with van der Waals surface area (Å²) in [6.07, 6.45) is 0. The van der Waals surface area contributed by atoms with Gasteiger partial charge in [-0.05, 0) is 12.5 Å². The molecule has 0 spiro atoms. The summed E-state index contributed by atoms with van der Waals surface area (Å²) in [6.45, 7) is 1.47. The highest BCUT2D eigenvalue weighted by Gasteiger charge is 2.26.